The van der Waals surface area contributed by atoms with Crippen LogP contribution in [0.2, 0.25) is 0 Å². The molecule has 2 fully saturated rings. The molecule has 4 atom stereocenters. The van der Waals surface area contributed by atoms with E-state index in [1.807, 2.05) is 13.0 Å². The molecule has 17 heavy (non-hydrogen) atoms. The van der Waals surface area contributed by atoms with Crippen LogP contribution in [-0.2, 0) is 6.54 Å². The number of furan rings is 1. The lowest BCUT2D eigenvalue weighted by molar-refractivity contribution is 0.255. The van der Waals surface area contributed by atoms with E-state index in [2.05, 4.69) is 18.3 Å². The summed E-state index contributed by atoms with van der Waals surface area (Å²) in [6.07, 6.45) is 5.92. The summed E-state index contributed by atoms with van der Waals surface area (Å²) in [5.74, 6) is 5.03. The molecule has 1 heterocycles. The fourth-order valence-corrected chi connectivity index (χ4v) is 3.90. The van der Waals surface area contributed by atoms with Crippen molar-refractivity contribution in [3.63, 3.8) is 0 Å². The maximum Gasteiger partial charge on any atom is 0.117 e. The van der Waals surface area contributed by atoms with Crippen molar-refractivity contribution in [1.82, 2.24) is 5.32 Å². The molecule has 0 radical (unpaired) electrons. The normalized spacial score (nSPS) is 33.2. The van der Waals surface area contributed by atoms with Crippen molar-refractivity contribution in [2.45, 2.75) is 52.1 Å². The van der Waals surface area contributed by atoms with E-state index in [1.165, 1.54) is 25.7 Å². The quantitative estimate of drug-likeness (QED) is 0.861. The molecule has 2 aliphatic carbocycles. The Hall–Kier alpha value is -0.760. The molecular weight excluding hydrogens is 210 g/mol. The van der Waals surface area contributed by atoms with E-state index in [4.69, 9.17) is 4.42 Å². The highest BCUT2D eigenvalue weighted by atomic mass is 16.3. The molecule has 1 aromatic heterocycles. The minimum Gasteiger partial charge on any atom is -0.465 e. The zero-order chi connectivity index (χ0) is 11.8. The lowest BCUT2D eigenvalue weighted by Crippen LogP contribution is -2.35. The first-order valence-corrected chi connectivity index (χ1v) is 7.01. The summed E-state index contributed by atoms with van der Waals surface area (Å²) in [7, 11) is 0. The van der Waals surface area contributed by atoms with Crippen LogP contribution >= 0.6 is 0 Å². The third-order valence-electron chi connectivity index (χ3n) is 4.83. The molecule has 3 rings (SSSR count). The maximum absolute atomic E-state index is 5.60. The molecule has 0 spiro atoms. The minimum absolute atomic E-state index is 0.635. The average Bonchev–Trinajstić information content (AvgIpc) is 3.01. The van der Waals surface area contributed by atoms with Crippen molar-refractivity contribution in [2.75, 3.05) is 0 Å². The third-order valence-corrected chi connectivity index (χ3v) is 4.83. The highest BCUT2D eigenvalue weighted by Gasteiger charge is 2.41. The fraction of sp³-hybridized carbons (Fsp3) is 0.733. The van der Waals surface area contributed by atoms with Gasteiger partial charge in [-0.3, -0.25) is 0 Å². The van der Waals surface area contributed by atoms with Gasteiger partial charge >= 0.3 is 0 Å². The van der Waals surface area contributed by atoms with Crippen molar-refractivity contribution in [3.05, 3.63) is 23.7 Å². The van der Waals surface area contributed by atoms with Gasteiger partial charge in [-0.15, -0.1) is 0 Å². The second-order valence-electron chi connectivity index (χ2n) is 6.02. The van der Waals surface area contributed by atoms with Gasteiger partial charge < -0.3 is 9.73 Å². The highest BCUT2D eigenvalue weighted by Crippen LogP contribution is 2.49. The minimum atomic E-state index is 0.635. The van der Waals surface area contributed by atoms with E-state index in [-0.39, 0.29) is 0 Å². The monoisotopic (exact) mass is 233 g/mol. The van der Waals surface area contributed by atoms with E-state index >= 15 is 0 Å². The number of nitrogens with one attached hydrogen (secondary N) is 1. The first kappa shape index (κ1) is 11.3. The standard InChI is InChI=1S/C15H23NO/c1-10-3-6-14(17-10)9-16-11(2)15-8-12-4-5-13(15)7-12/h3,6,11-13,15-16H,4-5,7-9H2,1-2H3. The Bertz CT molecular complexity index is 384. The van der Waals surface area contributed by atoms with Crippen LogP contribution in [0, 0.1) is 24.7 Å². The number of rotatable bonds is 4. The van der Waals surface area contributed by atoms with Gasteiger partial charge in [0.15, 0.2) is 0 Å². The van der Waals surface area contributed by atoms with Gasteiger partial charge in [0.1, 0.15) is 11.5 Å². The van der Waals surface area contributed by atoms with Crippen molar-refractivity contribution >= 4 is 0 Å². The summed E-state index contributed by atoms with van der Waals surface area (Å²) in [6, 6.07) is 4.76. The van der Waals surface area contributed by atoms with Gasteiger partial charge in [0, 0.05) is 6.04 Å². The molecule has 0 amide bonds. The van der Waals surface area contributed by atoms with E-state index in [0.29, 0.717) is 6.04 Å². The van der Waals surface area contributed by atoms with Crippen molar-refractivity contribution in [1.29, 1.82) is 0 Å². The molecule has 1 aromatic rings. The Morgan fingerprint density at radius 2 is 2.24 bits per heavy atom. The molecule has 1 N–H and O–H groups in total. The summed E-state index contributed by atoms with van der Waals surface area (Å²) in [4.78, 5) is 0. The van der Waals surface area contributed by atoms with E-state index in [9.17, 15) is 0 Å². The number of aryl methyl sites for hydroxylation is 1. The highest BCUT2D eigenvalue weighted by molar-refractivity contribution is 5.05. The van der Waals surface area contributed by atoms with Crippen LogP contribution in [0.1, 0.15) is 44.1 Å². The molecule has 2 heteroatoms. The van der Waals surface area contributed by atoms with Crippen LogP contribution in [0.15, 0.2) is 16.5 Å². The zero-order valence-electron chi connectivity index (χ0n) is 10.9. The molecule has 0 saturated heterocycles. The Morgan fingerprint density at radius 1 is 1.35 bits per heavy atom. The fourth-order valence-electron chi connectivity index (χ4n) is 3.90. The lowest BCUT2D eigenvalue weighted by Gasteiger charge is -2.28. The first-order valence-electron chi connectivity index (χ1n) is 7.01. The van der Waals surface area contributed by atoms with Gasteiger partial charge in [-0.2, -0.15) is 0 Å². The van der Waals surface area contributed by atoms with Gasteiger partial charge in [0.05, 0.1) is 6.54 Å². The Morgan fingerprint density at radius 3 is 2.82 bits per heavy atom. The summed E-state index contributed by atoms with van der Waals surface area (Å²) >= 11 is 0. The molecular formula is C15H23NO. The van der Waals surface area contributed by atoms with Gasteiger partial charge in [-0.1, -0.05) is 6.42 Å². The van der Waals surface area contributed by atoms with E-state index < -0.39 is 0 Å². The largest absolute Gasteiger partial charge is 0.465 e. The van der Waals surface area contributed by atoms with E-state index in [1.54, 1.807) is 0 Å². The van der Waals surface area contributed by atoms with Crippen LogP contribution < -0.4 is 5.32 Å². The molecule has 94 valence electrons. The molecule has 2 nitrogen and oxygen atoms in total. The van der Waals surface area contributed by atoms with Gasteiger partial charge in [0.25, 0.3) is 0 Å². The number of fused-ring (bicyclic) bond motifs is 2. The van der Waals surface area contributed by atoms with Crippen molar-refractivity contribution < 1.29 is 4.42 Å². The SMILES string of the molecule is Cc1ccc(CNC(C)C2CC3CCC2C3)o1. The van der Waals surface area contributed by atoms with E-state index in [0.717, 1.165) is 35.8 Å². The third kappa shape index (κ3) is 2.28. The van der Waals surface area contributed by atoms with Gasteiger partial charge in [-0.05, 0) is 63.0 Å². The Kier molecular flexibility index (Phi) is 2.99. The van der Waals surface area contributed by atoms with Crippen LogP contribution in [0.25, 0.3) is 0 Å². The topological polar surface area (TPSA) is 25.2 Å². The second kappa shape index (κ2) is 4.49. The summed E-state index contributed by atoms with van der Waals surface area (Å²) < 4.78 is 5.60. The predicted octanol–water partition coefficient (Wildman–Crippen LogP) is 3.50. The second-order valence-corrected chi connectivity index (χ2v) is 6.02. The molecule has 0 aromatic carbocycles. The van der Waals surface area contributed by atoms with Crippen molar-refractivity contribution in [3.8, 4) is 0 Å². The molecule has 2 aliphatic rings. The average molecular weight is 233 g/mol. The van der Waals surface area contributed by atoms with Crippen LogP contribution in [0.4, 0.5) is 0 Å². The maximum atomic E-state index is 5.60. The summed E-state index contributed by atoms with van der Waals surface area (Å²) in [5, 5.41) is 3.65. The van der Waals surface area contributed by atoms with Crippen molar-refractivity contribution in [2.24, 2.45) is 17.8 Å². The Balaban J connectivity index is 1.52. The summed E-state index contributed by atoms with van der Waals surface area (Å²) in [5.41, 5.74) is 0. The Labute approximate surface area is 104 Å². The zero-order valence-corrected chi connectivity index (χ0v) is 10.9. The van der Waals surface area contributed by atoms with Crippen LogP contribution in [0.3, 0.4) is 0 Å². The first-order chi connectivity index (χ1) is 8.22. The molecule has 2 saturated carbocycles. The van der Waals surface area contributed by atoms with Gasteiger partial charge in [0.2, 0.25) is 0 Å². The summed E-state index contributed by atoms with van der Waals surface area (Å²) in [6.45, 7) is 5.23. The smallest absolute Gasteiger partial charge is 0.117 e. The molecule has 2 bridgehead atoms. The molecule has 0 aliphatic heterocycles. The van der Waals surface area contributed by atoms with Crippen LogP contribution in [-0.4, -0.2) is 6.04 Å². The van der Waals surface area contributed by atoms with Crippen LogP contribution in [0.5, 0.6) is 0 Å². The van der Waals surface area contributed by atoms with Gasteiger partial charge in [-0.25, -0.2) is 0 Å². The predicted molar refractivity (Wildman–Crippen MR) is 68.7 cm³/mol. The molecule has 4 unspecified atom stereocenters. The lowest BCUT2D eigenvalue weighted by atomic mass is 9.84. The number of hydrogen-bond donors (Lipinski definition) is 1. The number of hydrogen-bond acceptors (Lipinski definition) is 2.